The summed E-state index contributed by atoms with van der Waals surface area (Å²) in [6, 6.07) is 13.1. The van der Waals surface area contributed by atoms with E-state index in [0.29, 0.717) is 6.04 Å². The number of aromatic nitrogens is 1. The van der Waals surface area contributed by atoms with Crippen molar-refractivity contribution >= 4 is 11.5 Å². The quantitative estimate of drug-likeness (QED) is 0.860. The van der Waals surface area contributed by atoms with Crippen molar-refractivity contribution in [3.05, 3.63) is 53.7 Å². The van der Waals surface area contributed by atoms with Crippen molar-refractivity contribution in [3.8, 4) is 0 Å². The first-order chi connectivity index (χ1) is 10.2. The monoisotopic (exact) mass is 283 g/mol. The maximum absolute atomic E-state index is 4.57. The van der Waals surface area contributed by atoms with Crippen LogP contribution in [0.1, 0.15) is 37.9 Å². The highest BCUT2D eigenvalue weighted by atomic mass is 15.2. The molecule has 3 heteroatoms. The molecule has 1 N–H and O–H groups in total. The van der Waals surface area contributed by atoms with Crippen molar-refractivity contribution in [1.29, 1.82) is 0 Å². The molecule has 0 radical (unpaired) electrons. The molecule has 0 spiro atoms. The molecule has 1 unspecified atom stereocenters. The Morgan fingerprint density at radius 2 is 1.95 bits per heavy atom. The smallest absolute Gasteiger partial charge is 0.133 e. The van der Waals surface area contributed by atoms with Gasteiger partial charge in [-0.25, -0.2) is 4.98 Å². The van der Waals surface area contributed by atoms with E-state index in [1.165, 1.54) is 16.8 Å². The molecule has 1 aromatic heterocycles. The molecule has 3 nitrogen and oxygen atoms in total. The summed E-state index contributed by atoms with van der Waals surface area (Å²) in [6.07, 6.45) is 1.90. The normalized spacial score (nSPS) is 12.2. The fourth-order valence-electron chi connectivity index (χ4n) is 2.60. The predicted molar refractivity (Wildman–Crippen MR) is 90.2 cm³/mol. The van der Waals surface area contributed by atoms with Gasteiger partial charge >= 0.3 is 0 Å². The van der Waals surface area contributed by atoms with E-state index in [2.05, 4.69) is 79.3 Å². The van der Waals surface area contributed by atoms with Crippen molar-refractivity contribution in [1.82, 2.24) is 10.3 Å². The number of hydrogen-bond donors (Lipinski definition) is 1. The van der Waals surface area contributed by atoms with E-state index >= 15 is 0 Å². The van der Waals surface area contributed by atoms with Crippen molar-refractivity contribution in [2.75, 3.05) is 18.0 Å². The van der Waals surface area contributed by atoms with Crippen LogP contribution in [0.15, 0.2) is 42.6 Å². The highest BCUT2D eigenvalue weighted by molar-refractivity contribution is 5.63. The standard InChI is InChI=1S/C18H25N3/c1-5-19-15(4)16-11-12-20-18(13-16)21(6-2)17-10-8-7-9-14(17)3/h7-13,15,19H,5-6H2,1-4H3. The van der Waals surface area contributed by atoms with E-state index in [1.807, 2.05) is 6.20 Å². The Kier molecular flexibility index (Phi) is 5.34. The molecule has 21 heavy (non-hydrogen) atoms. The van der Waals surface area contributed by atoms with E-state index in [0.717, 1.165) is 18.9 Å². The zero-order valence-electron chi connectivity index (χ0n) is 13.4. The topological polar surface area (TPSA) is 28.2 Å². The molecular formula is C18H25N3. The van der Waals surface area contributed by atoms with Crippen molar-refractivity contribution < 1.29 is 0 Å². The van der Waals surface area contributed by atoms with Gasteiger partial charge in [0, 0.05) is 24.5 Å². The van der Waals surface area contributed by atoms with Crippen LogP contribution >= 0.6 is 0 Å². The molecule has 2 rings (SSSR count). The summed E-state index contributed by atoms with van der Waals surface area (Å²) in [6.45, 7) is 10.5. The summed E-state index contributed by atoms with van der Waals surface area (Å²) in [5.41, 5.74) is 3.76. The van der Waals surface area contributed by atoms with Crippen molar-refractivity contribution in [3.63, 3.8) is 0 Å². The fourth-order valence-corrected chi connectivity index (χ4v) is 2.60. The van der Waals surface area contributed by atoms with Crippen LogP contribution in [0.25, 0.3) is 0 Å². The summed E-state index contributed by atoms with van der Waals surface area (Å²) in [5, 5.41) is 3.45. The van der Waals surface area contributed by atoms with Gasteiger partial charge in [0.05, 0.1) is 0 Å². The Morgan fingerprint density at radius 3 is 2.62 bits per heavy atom. The third-order valence-corrected chi connectivity index (χ3v) is 3.78. The van der Waals surface area contributed by atoms with E-state index in [-0.39, 0.29) is 0 Å². The number of aryl methyl sites for hydroxylation is 1. The number of anilines is 2. The fraction of sp³-hybridized carbons (Fsp3) is 0.389. The molecule has 1 atom stereocenters. The van der Waals surface area contributed by atoms with Crippen LogP contribution in [0.5, 0.6) is 0 Å². The van der Waals surface area contributed by atoms with E-state index in [9.17, 15) is 0 Å². The molecule has 0 aliphatic carbocycles. The second-order valence-corrected chi connectivity index (χ2v) is 5.26. The number of nitrogens with one attached hydrogen (secondary N) is 1. The van der Waals surface area contributed by atoms with E-state index < -0.39 is 0 Å². The average molecular weight is 283 g/mol. The molecule has 1 aromatic carbocycles. The number of benzene rings is 1. The van der Waals surface area contributed by atoms with Gasteiger partial charge in [-0.2, -0.15) is 0 Å². The molecular weight excluding hydrogens is 258 g/mol. The Balaban J connectivity index is 2.35. The zero-order valence-corrected chi connectivity index (χ0v) is 13.4. The first kappa shape index (κ1) is 15.5. The summed E-state index contributed by atoms with van der Waals surface area (Å²) < 4.78 is 0. The van der Waals surface area contributed by atoms with Crippen LogP contribution in [0.2, 0.25) is 0 Å². The largest absolute Gasteiger partial charge is 0.326 e. The number of para-hydroxylation sites is 1. The SMILES string of the molecule is CCNC(C)c1ccnc(N(CC)c2ccccc2C)c1. The van der Waals surface area contributed by atoms with Crippen LogP contribution < -0.4 is 10.2 Å². The minimum absolute atomic E-state index is 0.340. The van der Waals surface area contributed by atoms with Gasteiger partial charge in [0.2, 0.25) is 0 Å². The van der Waals surface area contributed by atoms with Gasteiger partial charge in [0.15, 0.2) is 0 Å². The zero-order chi connectivity index (χ0) is 15.2. The number of pyridine rings is 1. The lowest BCUT2D eigenvalue weighted by Crippen LogP contribution is -2.21. The van der Waals surface area contributed by atoms with Crippen LogP contribution in [-0.2, 0) is 0 Å². The summed E-state index contributed by atoms with van der Waals surface area (Å²) in [5.74, 6) is 1.01. The summed E-state index contributed by atoms with van der Waals surface area (Å²) in [7, 11) is 0. The second kappa shape index (κ2) is 7.23. The molecule has 0 saturated heterocycles. The predicted octanol–water partition coefficient (Wildman–Crippen LogP) is 4.22. The molecule has 2 aromatic rings. The van der Waals surface area contributed by atoms with Crippen LogP contribution in [0.4, 0.5) is 11.5 Å². The van der Waals surface area contributed by atoms with Gasteiger partial charge in [-0.05, 0) is 56.6 Å². The Hall–Kier alpha value is -1.87. The first-order valence-electron chi connectivity index (χ1n) is 7.69. The molecule has 0 aliphatic heterocycles. The number of hydrogen-bond acceptors (Lipinski definition) is 3. The van der Waals surface area contributed by atoms with Gasteiger partial charge in [-0.1, -0.05) is 25.1 Å². The van der Waals surface area contributed by atoms with E-state index in [1.54, 1.807) is 0 Å². The molecule has 0 aliphatic rings. The maximum Gasteiger partial charge on any atom is 0.133 e. The van der Waals surface area contributed by atoms with Gasteiger partial charge in [0.25, 0.3) is 0 Å². The first-order valence-corrected chi connectivity index (χ1v) is 7.69. The number of nitrogens with zero attached hydrogens (tertiary/aromatic N) is 2. The molecule has 112 valence electrons. The van der Waals surface area contributed by atoms with Crippen molar-refractivity contribution in [2.24, 2.45) is 0 Å². The Bertz CT molecular complexity index is 580. The third kappa shape index (κ3) is 3.61. The van der Waals surface area contributed by atoms with Gasteiger partial charge in [-0.3, -0.25) is 0 Å². The molecule has 0 bridgehead atoms. The van der Waals surface area contributed by atoms with Crippen molar-refractivity contribution in [2.45, 2.75) is 33.7 Å². The lowest BCUT2D eigenvalue weighted by Gasteiger charge is -2.25. The molecule has 0 amide bonds. The Labute approximate surface area is 128 Å². The molecule has 0 fully saturated rings. The highest BCUT2D eigenvalue weighted by Gasteiger charge is 2.12. The number of rotatable bonds is 6. The van der Waals surface area contributed by atoms with Gasteiger partial charge in [0.1, 0.15) is 5.82 Å². The van der Waals surface area contributed by atoms with Crippen LogP contribution in [0, 0.1) is 6.92 Å². The van der Waals surface area contributed by atoms with Crippen LogP contribution in [-0.4, -0.2) is 18.1 Å². The second-order valence-electron chi connectivity index (χ2n) is 5.26. The summed E-state index contributed by atoms with van der Waals surface area (Å²) >= 11 is 0. The third-order valence-electron chi connectivity index (χ3n) is 3.78. The van der Waals surface area contributed by atoms with Gasteiger partial charge in [-0.15, -0.1) is 0 Å². The average Bonchev–Trinajstić information content (AvgIpc) is 2.50. The summed E-state index contributed by atoms with van der Waals surface area (Å²) in [4.78, 5) is 6.83. The lowest BCUT2D eigenvalue weighted by atomic mass is 10.1. The van der Waals surface area contributed by atoms with E-state index in [4.69, 9.17) is 0 Å². The minimum atomic E-state index is 0.340. The lowest BCUT2D eigenvalue weighted by molar-refractivity contribution is 0.597. The van der Waals surface area contributed by atoms with Crippen LogP contribution in [0.3, 0.4) is 0 Å². The Morgan fingerprint density at radius 1 is 1.19 bits per heavy atom. The molecule has 0 saturated carbocycles. The molecule has 1 heterocycles. The highest BCUT2D eigenvalue weighted by Crippen LogP contribution is 2.27. The van der Waals surface area contributed by atoms with Gasteiger partial charge < -0.3 is 10.2 Å². The minimum Gasteiger partial charge on any atom is -0.326 e. The maximum atomic E-state index is 4.57.